The molecule has 0 aromatic rings. The number of hydrogen-bond donors (Lipinski definition) is 2. The molecular weight excluding hydrogens is 248 g/mol. The molecule has 0 radical (unpaired) electrons. The molecule has 0 bridgehead atoms. The molecule has 1 aliphatic rings. The Morgan fingerprint density at radius 3 is 2.33 bits per heavy atom. The van der Waals surface area contributed by atoms with Gasteiger partial charge in [-0.05, 0) is 52.4 Å². The first kappa shape index (κ1) is 15.2. The van der Waals surface area contributed by atoms with Crippen molar-refractivity contribution < 1.29 is 9.53 Å². The summed E-state index contributed by atoms with van der Waals surface area (Å²) in [4.78, 5) is 12.2. The smallest absolute Gasteiger partial charge is 0.407 e. The van der Waals surface area contributed by atoms with Gasteiger partial charge in [0.1, 0.15) is 5.60 Å². The second-order valence-corrected chi connectivity index (χ2v) is 6.56. The molecule has 1 saturated carbocycles. The predicted molar refractivity (Wildman–Crippen MR) is 76.5 cm³/mol. The quantitative estimate of drug-likeness (QED) is 0.775. The van der Waals surface area contributed by atoms with Crippen LogP contribution < -0.4 is 11.1 Å². The third kappa shape index (κ3) is 6.19. The number of nitrogens with one attached hydrogen (secondary N) is 1. The Hall–Kier alpha value is -0.840. The zero-order chi connectivity index (χ0) is 13.8. The lowest BCUT2D eigenvalue weighted by Gasteiger charge is -2.29. The Bertz CT molecular complexity index is 305. The van der Waals surface area contributed by atoms with E-state index in [1.165, 1.54) is 0 Å². The molecule has 0 saturated heterocycles. The van der Waals surface area contributed by atoms with Crippen molar-refractivity contribution in [2.24, 2.45) is 11.7 Å². The van der Waals surface area contributed by atoms with Crippen molar-refractivity contribution in [3.63, 3.8) is 0 Å². The van der Waals surface area contributed by atoms with E-state index >= 15 is 0 Å². The van der Waals surface area contributed by atoms with Crippen LogP contribution in [-0.2, 0) is 4.74 Å². The van der Waals surface area contributed by atoms with Crippen LogP contribution in [0.2, 0.25) is 0 Å². The summed E-state index contributed by atoms with van der Waals surface area (Å²) in [5, 5.41) is 2.92. The fraction of sp³-hybridized carbons (Fsp3) is 0.846. The second-order valence-electron chi connectivity index (χ2n) is 6.03. The van der Waals surface area contributed by atoms with Crippen molar-refractivity contribution in [1.29, 1.82) is 0 Å². The van der Waals surface area contributed by atoms with E-state index in [9.17, 15) is 4.79 Å². The molecule has 1 aliphatic carbocycles. The summed E-state index contributed by atoms with van der Waals surface area (Å²) in [5.41, 5.74) is 5.11. The van der Waals surface area contributed by atoms with E-state index in [1.54, 1.807) is 0 Å². The number of amides is 1. The highest BCUT2D eigenvalue weighted by Gasteiger charge is 2.24. The fourth-order valence-corrected chi connectivity index (χ4v) is 2.51. The van der Waals surface area contributed by atoms with Crippen molar-refractivity contribution in [1.82, 2.24) is 5.32 Å². The summed E-state index contributed by atoms with van der Waals surface area (Å²) in [5.74, 6) is 0.583. The van der Waals surface area contributed by atoms with Gasteiger partial charge in [-0.2, -0.15) is 0 Å². The second kappa shape index (κ2) is 6.36. The number of carbonyl (C=O) groups excluding carboxylic acids is 1. The van der Waals surface area contributed by atoms with Gasteiger partial charge in [0, 0.05) is 12.5 Å². The van der Waals surface area contributed by atoms with Crippen LogP contribution in [-0.4, -0.2) is 22.7 Å². The van der Waals surface area contributed by atoms with Crippen LogP contribution in [0.3, 0.4) is 0 Å². The summed E-state index contributed by atoms with van der Waals surface area (Å²) in [6, 6.07) is 0.224. The van der Waals surface area contributed by atoms with Gasteiger partial charge in [0.05, 0.1) is 4.99 Å². The van der Waals surface area contributed by atoms with Crippen LogP contribution in [0, 0.1) is 5.92 Å². The maximum atomic E-state index is 11.6. The van der Waals surface area contributed by atoms with Gasteiger partial charge in [-0.25, -0.2) is 4.79 Å². The molecule has 0 aromatic heterocycles. The largest absolute Gasteiger partial charge is 0.444 e. The number of ether oxygens (including phenoxy) is 1. The van der Waals surface area contributed by atoms with Gasteiger partial charge >= 0.3 is 6.09 Å². The van der Waals surface area contributed by atoms with Crippen molar-refractivity contribution in [3.05, 3.63) is 0 Å². The van der Waals surface area contributed by atoms with Gasteiger partial charge in [-0.3, -0.25) is 0 Å². The number of carbonyl (C=O) groups is 1. The van der Waals surface area contributed by atoms with Gasteiger partial charge in [0.25, 0.3) is 0 Å². The van der Waals surface area contributed by atoms with E-state index in [2.05, 4.69) is 5.32 Å². The molecule has 0 aliphatic heterocycles. The molecule has 0 aromatic carbocycles. The van der Waals surface area contributed by atoms with Gasteiger partial charge in [-0.1, -0.05) is 12.2 Å². The Kier molecular flexibility index (Phi) is 5.38. The maximum Gasteiger partial charge on any atom is 0.407 e. The summed E-state index contributed by atoms with van der Waals surface area (Å²) < 4.78 is 5.24. The van der Waals surface area contributed by atoms with E-state index in [0.29, 0.717) is 10.9 Å². The topological polar surface area (TPSA) is 64.3 Å². The summed E-state index contributed by atoms with van der Waals surface area (Å²) in [6.07, 6.45) is 4.60. The van der Waals surface area contributed by atoms with Crippen molar-refractivity contribution in [2.75, 3.05) is 0 Å². The SMILES string of the molecule is CC(C)(C)OC(=O)NC1CCC(CC(N)=S)CC1. The lowest BCUT2D eigenvalue weighted by atomic mass is 9.84. The van der Waals surface area contributed by atoms with Crippen molar-refractivity contribution >= 4 is 23.3 Å². The molecule has 4 nitrogen and oxygen atoms in total. The minimum atomic E-state index is -0.437. The molecular formula is C13H24N2O2S. The number of rotatable bonds is 3. The Balaban J connectivity index is 2.27. The molecule has 3 N–H and O–H groups in total. The normalized spacial score (nSPS) is 24.4. The highest BCUT2D eigenvalue weighted by molar-refractivity contribution is 7.80. The zero-order valence-corrected chi connectivity index (χ0v) is 12.3. The van der Waals surface area contributed by atoms with E-state index in [-0.39, 0.29) is 12.1 Å². The van der Waals surface area contributed by atoms with Gasteiger partial charge in [0.15, 0.2) is 0 Å². The number of hydrogen-bond acceptors (Lipinski definition) is 3. The Labute approximate surface area is 115 Å². The molecule has 1 fully saturated rings. The molecule has 0 spiro atoms. The average molecular weight is 272 g/mol. The number of nitrogens with two attached hydrogens (primary N) is 1. The standard InChI is InChI=1S/C13H24N2O2S/c1-13(2,3)17-12(16)15-10-6-4-9(5-7-10)8-11(14)18/h9-10H,4-8H2,1-3H3,(H2,14,18)(H,15,16). The highest BCUT2D eigenvalue weighted by atomic mass is 32.1. The molecule has 104 valence electrons. The van der Waals surface area contributed by atoms with Crippen LogP contribution in [0.1, 0.15) is 52.9 Å². The van der Waals surface area contributed by atoms with E-state index in [4.69, 9.17) is 22.7 Å². The number of alkyl carbamates (subject to hydrolysis) is 1. The molecule has 1 amide bonds. The van der Waals surface area contributed by atoms with E-state index in [0.717, 1.165) is 32.1 Å². The van der Waals surface area contributed by atoms with Crippen LogP contribution in [0.25, 0.3) is 0 Å². The summed E-state index contributed by atoms with van der Waals surface area (Å²) in [7, 11) is 0. The van der Waals surface area contributed by atoms with Crippen LogP contribution in [0.5, 0.6) is 0 Å². The minimum Gasteiger partial charge on any atom is -0.444 e. The van der Waals surface area contributed by atoms with Crippen molar-refractivity contribution in [3.8, 4) is 0 Å². The Morgan fingerprint density at radius 1 is 1.33 bits per heavy atom. The zero-order valence-electron chi connectivity index (χ0n) is 11.5. The lowest BCUT2D eigenvalue weighted by molar-refractivity contribution is 0.0487. The van der Waals surface area contributed by atoms with Gasteiger partial charge in [0.2, 0.25) is 0 Å². The molecule has 1 rings (SSSR count). The third-order valence-electron chi connectivity index (χ3n) is 3.06. The highest BCUT2D eigenvalue weighted by Crippen LogP contribution is 2.27. The molecule has 0 unspecified atom stereocenters. The first-order valence-electron chi connectivity index (χ1n) is 6.54. The average Bonchev–Trinajstić information content (AvgIpc) is 2.17. The van der Waals surface area contributed by atoms with Crippen molar-refractivity contribution in [2.45, 2.75) is 64.5 Å². The number of thiocarbonyl (C=S) groups is 1. The fourth-order valence-electron chi connectivity index (χ4n) is 2.27. The van der Waals surface area contributed by atoms with Crippen LogP contribution in [0.15, 0.2) is 0 Å². The van der Waals surface area contributed by atoms with Gasteiger partial charge in [-0.15, -0.1) is 0 Å². The van der Waals surface area contributed by atoms with E-state index in [1.807, 2.05) is 20.8 Å². The monoisotopic (exact) mass is 272 g/mol. The molecule has 5 heteroatoms. The van der Waals surface area contributed by atoms with Crippen LogP contribution in [0.4, 0.5) is 4.79 Å². The first-order valence-corrected chi connectivity index (χ1v) is 6.95. The molecule has 0 heterocycles. The predicted octanol–water partition coefficient (Wildman–Crippen LogP) is 2.75. The first-order chi connectivity index (χ1) is 8.26. The van der Waals surface area contributed by atoms with Crippen LogP contribution >= 0.6 is 12.2 Å². The summed E-state index contributed by atoms with van der Waals surface area (Å²) >= 11 is 4.92. The maximum absolute atomic E-state index is 11.6. The minimum absolute atomic E-state index is 0.224. The van der Waals surface area contributed by atoms with E-state index < -0.39 is 5.60 Å². The van der Waals surface area contributed by atoms with Gasteiger partial charge < -0.3 is 15.8 Å². The molecule has 18 heavy (non-hydrogen) atoms. The Morgan fingerprint density at radius 2 is 1.89 bits per heavy atom. The molecule has 0 atom stereocenters. The lowest BCUT2D eigenvalue weighted by Crippen LogP contribution is -2.41. The summed E-state index contributed by atoms with van der Waals surface area (Å²) in [6.45, 7) is 5.60. The third-order valence-corrected chi connectivity index (χ3v) is 3.22.